The summed E-state index contributed by atoms with van der Waals surface area (Å²) in [5.41, 5.74) is -0.379. The van der Waals surface area contributed by atoms with Crippen LogP contribution in [0.1, 0.15) is 22.8 Å². The van der Waals surface area contributed by atoms with Crippen LogP contribution < -0.4 is 5.32 Å². The Morgan fingerprint density at radius 3 is 2.74 bits per heavy atom. The Hall–Kier alpha value is -2.88. The second-order valence-electron chi connectivity index (χ2n) is 3.31. The standard InChI is InChI=1S/C12H10N2O5/c1-3-8-5-6-9(7-10(8)14(17)18)11(15)13-12(16)19-4-2/h1,5-7H,4H2,2H3,(H,13,15,16). The van der Waals surface area contributed by atoms with Crippen molar-refractivity contribution in [3.8, 4) is 12.3 Å². The molecule has 0 aromatic heterocycles. The molecule has 0 heterocycles. The molecule has 7 heteroatoms. The van der Waals surface area contributed by atoms with Gasteiger partial charge in [-0.1, -0.05) is 5.92 Å². The van der Waals surface area contributed by atoms with Crippen molar-refractivity contribution in [1.82, 2.24) is 5.32 Å². The largest absolute Gasteiger partial charge is 0.450 e. The third kappa shape index (κ3) is 3.54. The molecule has 1 aromatic carbocycles. The Balaban J connectivity index is 3.00. The first-order chi connectivity index (χ1) is 8.99. The second kappa shape index (κ2) is 6.16. The van der Waals surface area contributed by atoms with Crippen molar-refractivity contribution in [1.29, 1.82) is 0 Å². The van der Waals surface area contributed by atoms with E-state index >= 15 is 0 Å². The quantitative estimate of drug-likeness (QED) is 0.505. The minimum absolute atomic E-state index is 0.0534. The molecule has 19 heavy (non-hydrogen) atoms. The molecule has 1 aromatic rings. The van der Waals surface area contributed by atoms with Crippen LogP contribution in [0.2, 0.25) is 0 Å². The number of benzene rings is 1. The van der Waals surface area contributed by atoms with Crippen molar-refractivity contribution in [2.45, 2.75) is 6.92 Å². The number of hydrogen-bond donors (Lipinski definition) is 1. The molecule has 7 nitrogen and oxygen atoms in total. The zero-order chi connectivity index (χ0) is 14.4. The Bertz CT molecular complexity index is 574. The van der Waals surface area contributed by atoms with Gasteiger partial charge in [0.05, 0.1) is 11.5 Å². The number of nitrogens with one attached hydrogen (secondary N) is 1. The summed E-state index contributed by atoms with van der Waals surface area (Å²) in [7, 11) is 0. The van der Waals surface area contributed by atoms with Gasteiger partial charge in [0.15, 0.2) is 0 Å². The molecule has 0 saturated heterocycles. The summed E-state index contributed by atoms with van der Waals surface area (Å²) in [6, 6.07) is 3.55. The third-order valence-corrected chi connectivity index (χ3v) is 2.10. The molecule has 0 saturated carbocycles. The fraction of sp³-hybridized carbons (Fsp3) is 0.167. The average Bonchev–Trinajstić information content (AvgIpc) is 2.37. The van der Waals surface area contributed by atoms with Crippen LogP contribution in [0.15, 0.2) is 18.2 Å². The van der Waals surface area contributed by atoms with E-state index in [1.54, 1.807) is 6.92 Å². The normalized spacial score (nSPS) is 9.26. The van der Waals surface area contributed by atoms with E-state index in [0.717, 1.165) is 6.07 Å². The van der Waals surface area contributed by atoms with Gasteiger partial charge in [0, 0.05) is 11.6 Å². The van der Waals surface area contributed by atoms with Gasteiger partial charge in [-0.05, 0) is 19.1 Å². The summed E-state index contributed by atoms with van der Waals surface area (Å²) < 4.78 is 4.52. The fourth-order valence-corrected chi connectivity index (χ4v) is 1.28. The van der Waals surface area contributed by atoms with Gasteiger partial charge >= 0.3 is 6.09 Å². The number of carbonyl (C=O) groups excluding carboxylic acids is 2. The van der Waals surface area contributed by atoms with E-state index in [0.29, 0.717) is 0 Å². The highest BCUT2D eigenvalue weighted by Crippen LogP contribution is 2.19. The van der Waals surface area contributed by atoms with Gasteiger partial charge in [0.25, 0.3) is 11.6 Å². The number of amides is 2. The highest BCUT2D eigenvalue weighted by molar-refractivity contribution is 6.03. The van der Waals surface area contributed by atoms with Crippen molar-refractivity contribution >= 4 is 17.7 Å². The van der Waals surface area contributed by atoms with Crippen LogP contribution in [0.4, 0.5) is 10.5 Å². The Labute approximate surface area is 108 Å². The molecule has 0 radical (unpaired) electrons. The number of nitro benzene ring substituents is 1. The number of rotatable bonds is 3. The second-order valence-corrected chi connectivity index (χ2v) is 3.31. The van der Waals surface area contributed by atoms with Crippen LogP contribution in [0.3, 0.4) is 0 Å². The molecule has 0 spiro atoms. The van der Waals surface area contributed by atoms with Gasteiger partial charge in [-0.2, -0.15) is 0 Å². The first kappa shape index (κ1) is 14.2. The van der Waals surface area contributed by atoms with E-state index in [1.165, 1.54) is 12.1 Å². The van der Waals surface area contributed by atoms with Crippen molar-refractivity contribution in [3.05, 3.63) is 39.4 Å². The number of hydrogen-bond acceptors (Lipinski definition) is 5. The fourth-order valence-electron chi connectivity index (χ4n) is 1.28. The highest BCUT2D eigenvalue weighted by atomic mass is 16.6. The number of carbonyl (C=O) groups is 2. The summed E-state index contributed by atoms with van der Waals surface area (Å²) in [6.45, 7) is 1.69. The summed E-state index contributed by atoms with van der Waals surface area (Å²) in [5, 5.41) is 12.7. The molecule has 0 unspecified atom stereocenters. The summed E-state index contributed by atoms with van der Waals surface area (Å²) in [4.78, 5) is 32.7. The van der Waals surface area contributed by atoms with Crippen LogP contribution in [0.5, 0.6) is 0 Å². The van der Waals surface area contributed by atoms with E-state index in [4.69, 9.17) is 6.42 Å². The Morgan fingerprint density at radius 2 is 2.21 bits per heavy atom. The minimum atomic E-state index is -0.920. The molecule has 0 atom stereocenters. The number of nitro groups is 1. The topological polar surface area (TPSA) is 98.5 Å². The van der Waals surface area contributed by atoms with Gasteiger partial charge in [0.1, 0.15) is 5.56 Å². The molecule has 2 amide bonds. The lowest BCUT2D eigenvalue weighted by atomic mass is 10.1. The SMILES string of the molecule is C#Cc1ccc(C(=O)NC(=O)OCC)cc1[N+](=O)[O-]. The maximum atomic E-state index is 11.6. The molecular formula is C12H10N2O5. The third-order valence-electron chi connectivity index (χ3n) is 2.10. The molecule has 0 aliphatic heterocycles. The maximum Gasteiger partial charge on any atom is 0.414 e. The predicted octanol–water partition coefficient (Wildman–Crippen LogP) is 1.46. The molecule has 0 aliphatic rings. The zero-order valence-corrected chi connectivity index (χ0v) is 10.0. The number of imide groups is 1. The van der Waals surface area contributed by atoms with E-state index < -0.39 is 16.9 Å². The van der Waals surface area contributed by atoms with Crippen molar-refractivity contribution < 1.29 is 19.2 Å². The van der Waals surface area contributed by atoms with Gasteiger partial charge in [-0.25, -0.2) is 4.79 Å². The van der Waals surface area contributed by atoms with E-state index in [2.05, 4.69) is 10.7 Å². The van der Waals surface area contributed by atoms with Crippen molar-refractivity contribution in [3.63, 3.8) is 0 Å². The van der Waals surface area contributed by atoms with Crippen LogP contribution >= 0.6 is 0 Å². The summed E-state index contributed by atoms with van der Waals surface area (Å²) in [5.74, 6) is 1.34. The zero-order valence-electron chi connectivity index (χ0n) is 10.0. The number of ether oxygens (including phenoxy) is 1. The van der Waals surface area contributed by atoms with Crippen molar-refractivity contribution in [2.75, 3.05) is 6.61 Å². The van der Waals surface area contributed by atoms with E-state index in [1.807, 2.05) is 5.32 Å². The molecule has 1 rings (SSSR count). The van der Waals surface area contributed by atoms with Crippen LogP contribution in [-0.4, -0.2) is 23.5 Å². The average molecular weight is 262 g/mol. The first-order valence-corrected chi connectivity index (χ1v) is 5.22. The van der Waals surface area contributed by atoms with Gasteiger partial charge in [-0.15, -0.1) is 6.42 Å². The van der Waals surface area contributed by atoms with Gasteiger partial charge in [-0.3, -0.25) is 20.2 Å². The lowest BCUT2D eigenvalue weighted by Crippen LogP contribution is -2.31. The monoisotopic (exact) mass is 262 g/mol. The van der Waals surface area contributed by atoms with E-state index in [9.17, 15) is 19.7 Å². The smallest absolute Gasteiger partial charge is 0.414 e. The van der Waals surface area contributed by atoms with Crippen LogP contribution in [-0.2, 0) is 4.74 Å². The molecule has 98 valence electrons. The Kier molecular flexibility index (Phi) is 4.60. The molecule has 1 N–H and O–H groups in total. The molecule has 0 fully saturated rings. The first-order valence-electron chi connectivity index (χ1n) is 5.22. The van der Waals surface area contributed by atoms with E-state index in [-0.39, 0.29) is 23.4 Å². The minimum Gasteiger partial charge on any atom is -0.450 e. The van der Waals surface area contributed by atoms with Gasteiger partial charge < -0.3 is 4.74 Å². The number of nitrogens with zero attached hydrogens (tertiary/aromatic N) is 1. The number of terminal acetylenes is 1. The van der Waals surface area contributed by atoms with Gasteiger partial charge in [0.2, 0.25) is 0 Å². The van der Waals surface area contributed by atoms with Crippen molar-refractivity contribution in [2.24, 2.45) is 0 Å². The Morgan fingerprint density at radius 1 is 1.53 bits per heavy atom. The summed E-state index contributed by atoms with van der Waals surface area (Å²) >= 11 is 0. The lowest BCUT2D eigenvalue weighted by molar-refractivity contribution is -0.385. The molecule has 0 aliphatic carbocycles. The van der Waals surface area contributed by atoms with Crippen LogP contribution in [0.25, 0.3) is 0 Å². The van der Waals surface area contributed by atoms with Crippen LogP contribution in [0, 0.1) is 22.5 Å². The molecule has 0 bridgehead atoms. The predicted molar refractivity (Wildman–Crippen MR) is 65.5 cm³/mol. The lowest BCUT2D eigenvalue weighted by Gasteiger charge is -2.04. The molecular weight excluding hydrogens is 252 g/mol. The number of alkyl carbamates (subject to hydrolysis) is 1. The highest BCUT2D eigenvalue weighted by Gasteiger charge is 2.17. The summed E-state index contributed by atoms with van der Waals surface area (Å²) in [6.07, 6.45) is 4.19. The maximum absolute atomic E-state index is 11.6.